The van der Waals surface area contributed by atoms with Gasteiger partial charge in [0.1, 0.15) is 18.7 Å². The van der Waals surface area contributed by atoms with E-state index in [2.05, 4.69) is 37.5 Å². The lowest BCUT2D eigenvalue weighted by atomic mass is 9.90. The van der Waals surface area contributed by atoms with E-state index in [-0.39, 0.29) is 17.6 Å². The largest absolute Gasteiger partial charge is 0.351 e. The van der Waals surface area contributed by atoms with Crippen molar-refractivity contribution in [1.82, 2.24) is 29.3 Å². The molecule has 0 bridgehead atoms. The highest BCUT2D eigenvalue weighted by Gasteiger charge is 2.26. The van der Waals surface area contributed by atoms with Gasteiger partial charge >= 0.3 is 0 Å². The highest BCUT2D eigenvalue weighted by Crippen LogP contribution is 2.34. The van der Waals surface area contributed by atoms with Crippen molar-refractivity contribution in [3.63, 3.8) is 0 Å². The highest BCUT2D eigenvalue weighted by molar-refractivity contribution is 5.83. The van der Waals surface area contributed by atoms with Gasteiger partial charge in [0, 0.05) is 23.8 Å². The molecule has 3 heterocycles. The zero-order valence-corrected chi connectivity index (χ0v) is 19.5. The third kappa shape index (κ3) is 4.80. The summed E-state index contributed by atoms with van der Waals surface area (Å²) < 4.78 is 28.6. The molecule has 1 fully saturated rings. The van der Waals surface area contributed by atoms with Crippen molar-refractivity contribution in [3.8, 4) is 29.5 Å². The predicted molar refractivity (Wildman–Crippen MR) is 128 cm³/mol. The van der Waals surface area contributed by atoms with Crippen molar-refractivity contribution in [3.05, 3.63) is 53.7 Å². The van der Waals surface area contributed by atoms with Crippen LogP contribution in [0.25, 0.3) is 22.3 Å². The molecule has 12 heteroatoms. The first-order valence-electron chi connectivity index (χ1n) is 11.6. The Hall–Kier alpha value is -4.89. The number of hydrogen-bond acceptors (Lipinski definition) is 8. The van der Waals surface area contributed by atoms with Crippen LogP contribution < -0.4 is 5.32 Å². The molecule has 1 aromatic carbocycles. The van der Waals surface area contributed by atoms with Gasteiger partial charge in [-0.2, -0.15) is 20.9 Å². The van der Waals surface area contributed by atoms with Gasteiger partial charge in [-0.15, -0.1) is 0 Å². The second kappa shape index (κ2) is 10.00. The van der Waals surface area contributed by atoms with Crippen LogP contribution in [-0.2, 0) is 6.54 Å². The van der Waals surface area contributed by atoms with Crippen LogP contribution in [0.5, 0.6) is 0 Å². The molecule has 0 saturated heterocycles. The number of benzene rings is 1. The van der Waals surface area contributed by atoms with Crippen molar-refractivity contribution in [2.75, 3.05) is 5.32 Å². The van der Waals surface area contributed by atoms with E-state index in [0.29, 0.717) is 39.4 Å². The van der Waals surface area contributed by atoms with Crippen LogP contribution in [-0.4, -0.2) is 41.8 Å². The number of nitrogens with zero attached hydrogens (tertiary/aromatic N) is 9. The molecule has 0 amide bonds. The minimum Gasteiger partial charge on any atom is -0.351 e. The van der Waals surface area contributed by atoms with Crippen LogP contribution in [0.15, 0.2) is 37.1 Å². The number of rotatable bonds is 6. The van der Waals surface area contributed by atoms with Crippen LogP contribution in [0, 0.1) is 34.0 Å². The third-order valence-corrected chi connectivity index (χ3v) is 6.43. The lowest BCUT2D eigenvalue weighted by Gasteiger charge is -2.31. The van der Waals surface area contributed by atoms with Gasteiger partial charge in [0.25, 0.3) is 6.43 Å². The quantitative estimate of drug-likeness (QED) is 0.417. The molecule has 1 saturated carbocycles. The molecule has 1 N–H and O–H groups in total. The number of fused-ring (bicyclic) bond motifs is 1. The summed E-state index contributed by atoms with van der Waals surface area (Å²) in [5.41, 5.74) is 3.12. The van der Waals surface area contributed by atoms with Gasteiger partial charge in [-0.1, -0.05) is 0 Å². The molecule has 2 atom stereocenters. The Kier molecular flexibility index (Phi) is 6.44. The first-order valence-corrected chi connectivity index (χ1v) is 11.6. The molecule has 0 radical (unpaired) electrons. The summed E-state index contributed by atoms with van der Waals surface area (Å²) in [6.07, 6.45) is 6.83. The lowest BCUT2D eigenvalue weighted by Crippen LogP contribution is -2.29. The van der Waals surface area contributed by atoms with E-state index in [9.17, 15) is 24.6 Å². The van der Waals surface area contributed by atoms with E-state index >= 15 is 0 Å². The molecule has 37 heavy (non-hydrogen) atoms. The van der Waals surface area contributed by atoms with Gasteiger partial charge < -0.3 is 9.88 Å². The Morgan fingerprint density at radius 3 is 2.65 bits per heavy atom. The van der Waals surface area contributed by atoms with Crippen molar-refractivity contribution >= 4 is 17.0 Å². The summed E-state index contributed by atoms with van der Waals surface area (Å²) in [6, 6.07) is 9.64. The molecular weight excluding hydrogens is 478 g/mol. The molecule has 0 unspecified atom stereocenters. The SMILES string of the molecule is N#Cc1cc(C#N)c2c(c1)ncn2[C@H]1CCC[C@@H](Nc2ncc(C#N)c(-c3cnn(CC(F)F)c3)n2)C1. The summed E-state index contributed by atoms with van der Waals surface area (Å²) in [5.74, 6) is 0.327. The molecular formula is C25H20F2N10. The molecule has 0 spiro atoms. The van der Waals surface area contributed by atoms with Crippen LogP contribution in [0.3, 0.4) is 0 Å². The fourth-order valence-electron chi connectivity index (χ4n) is 4.81. The van der Waals surface area contributed by atoms with E-state index in [4.69, 9.17) is 0 Å². The Morgan fingerprint density at radius 1 is 1.05 bits per heavy atom. The van der Waals surface area contributed by atoms with Crippen molar-refractivity contribution in [2.45, 2.75) is 50.7 Å². The Morgan fingerprint density at radius 2 is 1.89 bits per heavy atom. The number of imidazole rings is 1. The number of nitriles is 3. The molecule has 1 aliphatic carbocycles. The average Bonchev–Trinajstić information content (AvgIpc) is 3.55. The minimum atomic E-state index is -2.55. The first-order chi connectivity index (χ1) is 18.0. The Bertz CT molecular complexity index is 1580. The third-order valence-electron chi connectivity index (χ3n) is 6.43. The van der Waals surface area contributed by atoms with Gasteiger partial charge in [0.05, 0.1) is 58.2 Å². The summed E-state index contributed by atoms with van der Waals surface area (Å²) in [4.78, 5) is 13.2. The summed E-state index contributed by atoms with van der Waals surface area (Å²) in [6.45, 7) is -0.546. The van der Waals surface area contributed by atoms with E-state index in [1.165, 1.54) is 18.6 Å². The Balaban J connectivity index is 1.38. The molecule has 10 nitrogen and oxygen atoms in total. The van der Waals surface area contributed by atoms with Gasteiger partial charge in [0.15, 0.2) is 0 Å². The van der Waals surface area contributed by atoms with Crippen LogP contribution in [0.2, 0.25) is 0 Å². The lowest BCUT2D eigenvalue weighted by molar-refractivity contribution is 0.122. The van der Waals surface area contributed by atoms with Crippen LogP contribution >= 0.6 is 0 Å². The van der Waals surface area contributed by atoms with Crippen molar-refractivity contribution in [2.24, 2.45) is 0 Å². The average molecular weight is 499 g/mol. The number of nitrogens with one attached hydrogen (secondary N) is 1. The van der Waals surface area contributed by atoms with E-state index in [1.807, 2.05) is 10.6 Å². The minimum absolute atomic E-state index is 0.0162. The molecule has 184 valence electrons. The fourth-order valence-corrected chi connectivity index (χ4v) is 4.81. The molecule has 1 aliphatic rings. The molecule has 4 aromatic rings. The first kappa shape index (κ1) is 23.8. The second-order valence-electron chi connectivity index (χ2n) is 8.84. The number of hydrogen-bond donors (Lipinski definition) is 1. The highest BCUT2D eigenvalue weighted by atomic mass is 19.3. The second-order valence-corrected chi connectivity index (χ2v) is 8.84. The van der Waals surface area contributed by atoms with Crippen molar-refractivity contribution < 1.29 is 8.78 Å². The number of halogens is 2. The normalized spacial score (nSPS) is 17.3. The topological polar surface area (TPSA) is 145 Å². The van der Waals surface area contributed by atoms with Gasteiger partial charge in [-0.25, -0.2) is 23.7 Å². The number of aromatic nitrogens is 6. The number of alkyl halides is 2. The van der Waals surface area contributed by atoms with Gasteiger partial charge in [0.2, 0.25) is 5.95 Å². The van der Waals surface area contributed by atoms with Gasteiger partial charge in [-0.05, 0) is 37.8 Å². The van der Waals surface area contributed by atoms with E-state index < -0.39 is 13.0 Å². The smallest absolute Gasteiger partial charge is 0.257 e. The van der Waals surface area contributed by atoms with Crippen molar-refractivity contribution in [1.29, 1.82) is 15.8 Å². The predicted octanol–water partition coefficient (Wildman–Crippen LogP) is 4.17. The zero-order valence-electron chi connectivity index (χ0n) is 19.5. The van der Waals surface area contributed by atoms with Gasteiger partial charge in [-0.3, -0.25) is 4.68 Å². The monoisotopic (exact) mass is 498 g/mol. The molecule has 5 rings (SSSR count). The van der Waals surface area contributed by atoms with E-state index in [0.717, 1.165) is 30.4 Å². The summed E-state index contributed by atoms with van der Waals surface area (Å²) in [5, 5.41) is 35.7. The molecule has 3 aromatic heterocycles. The molecule has 0 aliphatic heterocycles. The maximum Gasteiger partial charge on any atom is 0.257 e. The van der Waals surface area contributed by atoms with E-state index in [1.54, 1.807) is 18.5 Å². The summed E-state index contributed by atoms with van der Waals surface area (Å²) >= 11 is 0. The summed E-state index contributed by atoms with van der Waals surface area (Å²) in [7, 11) is 0. The standard InChI is InChI=1S/C25H20F2N10/c26-22(27)13-36-12-18(11-33-36)23-17(9-30)10-31-25(35-23)34-19-2-1-3-20(6-19)37-14-32-21-5-15(7-28)4-16(8-29)24(21)37/h4-5,10-12,14,19-20,22H,1-3,6,13H2,(H,31,34,35)/t19-,20+/m1/s1. The fraction of sp³-hybridized carbons (Fsp3) is 0.320. The zero-order chi connectivity index (χ0) is 25.9. The van der Waals surface area contributed by atoms with Crippen LogP contribution in [0.1, 0.15) is 48.4 Å². The maximum absolute atomic E-state index is 12.7. The number of anilines is 1. The van der Waals surface area contributed by atoms with Crippen LogP contribution in [0.4, 0.5) is 14.7 Å². The Labute approximate surface area is 210 Å². The maximum atomic E-state index is 12.7.